The number of phenolic OH excluding ortho intramolecular Hbond substituents is 1. The zero-order valence-electron chi connectivity index (χ0n) is 12.3. The number of aromatic hydroxyl groups is 1. The van der Waals surface area contributed by atoms with Crippen molar-refractivity contribution in [1.82, 2.24) is 0 Å². The van der Waals surface area contributed by atoms with Gasteiger partial charge in [0.15, 0.2) is 0 Å². The van der Waals surface area contributed by atoms with E-state index in [9.17, 15) is 19.9 Å². The molecular formula is C15H18NO6P. The Hall–Kier alpha value is -1.92. The first-order chi connectivity index (χ1) is 10.7. The van der Waals surface area contributed by atoms with E-state index in [4.69, 9.17) is 9.79 Å². The first-order valence-corrected chi connectivity index (χ1v) is 8.45. The largest absolute Gasteiger partial charge is 0.512 e. The molecule has 23 heavy (non-hydrogen) atoms. The molecule has 3 unspecified atom stereocenters. The third-order valence-electron chi connectivity index (χ3n) is 3.67. The molecule has 5 N–H and O–H groups in total. The van der Waals surface area contributed by atoms with Gasteiger partial charge >= 0.3 is 7.75 Å². The molecule has 0 radical (unpaired) electrons. The summed E-state index contributed by atoms with van der Waals surface area (Å²) in [5.41, 5.74) is 0.521. The molecule has 0 fully saturated rings. The Kier molecular flexibility index (Phi) is 5.06. The second kappa shape index (κ2) is 6.68. The van der Waals surface area contributed by atoms with E-state index in [1.165, 1.54) is 30.4 Å². The van der Waals surface area contributed by atoms with Gasteiger partial charge in [0.1, 0.15) is 11.5 Å². The van der Waals surface area contributed by atoms with Crippen LogP contribution in [0.3, 0.4) is 0 Å². The lowest BCUT2D eigenvalue weighted by Crippen LogP contribution is -2.34. The smallest absolute Gasteiger partial charge is 0.448 e. The fourth-order valence-electron chi connectivity index (χ4n) is 2.49. The molecule has 0 bridgehead atoms. The zero-order valence-corrected chi connectivity index (χ0v) is 13.2. The highest BCUT2D eigenvalue weighted by Gasteiger charge is 2.34. The number of rotatable bonds is 4. The van der Waals surface area contributed by atoms with Crippen LogP contribution in [0.5, 0.6) is 5.75 Å². The van der Waals surface area contributed by atoms with Crippen molar-refractivity contribution in [3.05, 3.63) is 53.8 Å². The normalized spacial score (nSPS) is 22.7. The highest BCUT2D eigenvalue weighted by Crippen LogP contribution is 2.40. The van der Waals surface area contributed by atoms with E-state index in [0.29, 0.717) is 5.56 Å². The first-order valence-electron chi connectivity index (χ1n) is 6.89. The highest BCUT2D eigenvalue weighted by molar-refractivity contribution is 7.50. The molecule has 1 aliphatic carbocycles. The van der Waals surface area contributed by atoms with Crippen molar-refractivity contribution in [1.29, 1.82) is 0 Å². The molecule has 0 saturated heterocycles. The van der Waals surface area contributed by atoms with E-state index in [1.807, 2.05) is 0 Å². The molecule has 124 valence electrons. The second-order valence-electron chi connectivity index (χ2n) is 5.34. The van der Waals surface area contributed by atoms with E-state index in [-0.39, 0.29) is 17.2 Å². The third kappa shape index (κ3) is 4.30. The van der Waals surface area contributed by atoms with Crippen molar-refractivity contribution in [3.63, 3.8) is 0 Å². The highest BCUT2D eigenvalue weighted by atomic mass is 31.2. The lowest BCUT2D eigenvalue weighted by atomic mass is 9.82. The number of allylic oxidation sites excluding steroid dienone is 3. The zero-order chi connectivity index (χ0) is 17.2. The fourth-order valence-corrected chi connectivity index (χ4v) is 2.99. The van der Waals surface area contributed by atoms with E-state index >= 15 is 0 Å². The molecule has 3 atom stereocenters. The van der Waals surface area contributed by atoms with Gasteiger partial charge in [-0.25, -0.2) is 4.57 Å². The summed E-state index contributed by atoms with van der Waals surface area (Å²) in [6.07, 6.45) is 2.87. The van der Waals surface area contributed by atoms with E-state index in [0.717, 1.165) is 0 Å². The van der Waals surface area contributed by atoms with Gasteiger partial charge in [-0.05, 0) is 29.8 Å². The predicted molar refractivity (Wildman–Crippen MR) is 85.3 cm³/mol. The Morgan fingerprint density at radius 1 is 1.26 bits per heavy atom. The van der Waals surface area contributed by atoms with Crippen molar-refractivity contribution in [2.45, 2.75) is 18.9 Å². The summed E-state index contributed by atoms with van der Waals surface area (Å²) in [6, 6.07) is 6.29. The lowest BCUT2D eigenvalue weighted by molar-refractivity contribution is 0.109. The molecule has 0 heterocycles. The van der Waals surface area contributed by atoms with Crippen LogP contribution in [0.4, 0.5) is 0 Å². The Morgan fingerprint density at radius 2 is 1.96 bits per heavy atom. The van der Waals surface area contributed by atoms with E-state index in [2.05, 4.69) is 4.76 Å². The SMILES string of the molecule is CC(c1cccc(O)c1)C(O)C1C(O)=CC=CC1=NP(=O)(O)O. The Morgan fingerprint density at radius 3 is 2.57 bits per heavy atom. The molecule has 0 aromatic heterocycles. The van der Waals surface area contributed by atoms with Gasteiger partial charge in [0, 0.05) is 5.92 Å². The van der Waals surface area contributed by atoms with Crippen molar-refractivity contribution in [3.8, 4) is 5.75 Å². The third-order valence-corrected chi connectivity index (χ3v) is 4.16. The Bertz CT molecular complexity index is 720. The van der Waals surface area contributed by atoms with E-state index < -0.39 is 25.7 Å². The summed E-state index contributed by atoms with van der Waals surface area (Å²) in [5, 5.41) is 30.1. The lowest BCUT2D eigenvalue weighted by Gasteiger charge is -2.29. The number of aliphatic hydroxyl groups excluding tert-OH is 2. The summed E-state index contributed by atoms with van der Waals surface area (Å²) in [5.74, 6) is -1.78. The van der Waals surface area contributed by atoms with Gasteiger partial charge in [-0.1, -0.05) is 25.1 Å². The number of hydrogen-bond acceptors (Lipinski definition) is 4. The minimum absolute atomic E-state index is 0.0361. The molecule has 8 heteroatoms. The molecule has 0 aliphatic heterocycles. The average Bonchev–Trinajstić information content (AvgIpc) is 2.44. The van der Waals surface area contributed by atoms with E-state index in [1.54, 1.807) is 19.1 Å². The second-order valence-corrected chi connectivity index (χ2v) is 6.57. The Balaban J connectivity index is 2.36. The summed E-state index contributed by atoms with van der Waals surface area (Å²) >= 11 is 0. The van der Waals surface area contributed by atoms with Crippen LogP contribution in [0.25, 0.3) is 0 Å². The molecule has 7 nitrogen and oxygen atoms in total. The molecule has 0 spiro atoms. The minimum Gasteiger partial charge on any atom is -0.512 e. The Labute approximate surface area is 133 Å². The quantitative estimate of drug-likeness (QED) is 0.533. The first kappa shape index (κ1) is 17.4. The van der Waals surface area contributed by atoms with Gasteiger partial charge in [0.05, 0.1) is 17.7 Å². The van der Waals surface area contributed by atoms with Crippen LogP contribution in [0, 0.1) is 5.92 Å². The van der Waals surface area contributed by atoms with Crippen LogP contribution in [0.15, 0.2) is 53.0 Å². The molecule has 0 amide bonds. The number of benzene rings is 1. The van der Waals surface area contributed by atoms with Crippen LogP contribution in [0.1, 0.15) is 18.4 Å². The number of nitrogens with zero attached hydrogens (tertiary/aromatic N) is 1. The minimum atomic E-state index is -4.70. The van der Waals surface area contributed by atoms with Gasteiger partial charge in [0.25, 0.3) is 0 Å². The van der Waals surface area contributed by atoms with Crippen molar-refractivity contribution < 1.29 is 29.7 Å². The monoisotopic (exact) mass is 339 g/mol. The topological polar surface area (TPSA) is 131 Å². The predicted octanol–water partition coefficient (Wildman–Crippen LogP) is 2.02. The number of aliphatic hydroxyl groups is 2. The van der Waals surface area contributed by atoms with Gasteiger partial charge in [0.2, 0.25) is 0 Å². The molecular weight excluding hydrogens is 321 g/mol. The van der Waals surface area contributed by atoms with Crippen molar-refractivity contribution >= 4 is 13.5 Å². The van der Waals surface area contributed by atoms with Crippen LogP contribution < -0.4 is 0 Å². The maximum Gasteiger partial charge on any atom is 0.448 e. The maximum atomic E-state index is 11.1. The summed E-state index contributed by atoms with van der Waals surface area (Å²) < 4.78 is 14.4. The summed E-state index contributed by atoms with van der Waals surface area (Å²) in [6.45, 7) is 1.68. The van der Waals surface area contributed by atoms with Gasteiger partial charge in [-0.3, -0.25) is 0 Å². The standard InChI is InChI=1S/C15H18NO6P/c1-9(10-4-2-5-11(17)8-10)15(19)14-12(16-23(20,21)22)6-3-7-13(14)18/h2-9,14-15,17-19H,1H3,(H2,20,21,22). The summed E-state index contributed by atoms with van der Waals surface area (Å²) in [4.78, 5) is 18.0. The average molecular weight is 339 g/mol. The summed E-state index contributed by atoms with van der Waals surface area (Å²) in [7, 11) is -4.70. The van der Waals surface area contributed by atoms with Gasteiger partial charge < -0.3 is 25.1 Å². The van der Waals surface area contributed by atoms with Crippen LogP contribution in [-0.2, 0) is 4.57 Å². The molecule has 1 aromatic carbocycles. The van der Waals surface area contributed by atoms with Gasteiger partial charge in [-0.2, -0.15) is 4.76 Å². The molecule has 0 saturated carbocycles. The van der Waals surface area contributed by atoms with Crippen molar-refractivity contribution in [2.24, 2.45) is 10.7 Å². The van der Waals surface area contributed by atoms with Gasteiger partial charge in [-0.15, -0.1) is 0 Å². The molecule has 2 rings (SSSR count). The maximum absolute atomic E-state index is 11.1. The van der Waals surface area contributed by atoms with Crippen molar-refractivity contribution in [2.75, 3.05) is 0 Å². The molecule has 1 aliphatic rings. The van der Waals surface area contributed by atoms with Crippen LogP contribution in [-0.4, -0.2) is 36.9 Å². The fraction of sp³-hybridized carbons (Fsp3) is 0.267. The number of hydrogen-bond donors (Lipinski definition) is 5. The van der Waals surface area contributed by atoms with Crippen LogP contribution >= 0.6 is 7.75 Å². The van der Waals surface area contributed by atoms with Crippen LogP contribution in [0.2, 0.25) is 0 Å². The number of phenols is 1. The molecule has 1 aromatic rings.